The third-order valence-electron chi connectivity index (χ3n) is 1.75. The van der Waals surface area contributed by atoms with Gasteiger partial charge in [-0.1, -0.05) is 18.7 Å². The summed E-state index contributed by atoms with van der Waals surface area (Å²) in [5, 5.41) is 19.8. The van der Waals surface area contributed by atoms with E-state index in [2.05, 4.69) is 4.98 Å². The molecule has 1 heterocycles. The minimum Gasteiger partial charge on any atom is -0.395 e. The second-order valence-electron chi connectivity index (χ2n) is 3.15. The topological polar surface area (TPSA) is 76.3 Å². The molecular weight excluding hydrogens is 216 g/mol. The van der Waals surface area contributed by atoms with Gasteiger partial charge in [0.05, 0.1) is 11.5 Å². The highest BCUT2D eigenvalue weighted by Crippen LogP contribution is 2.29. The molecule has 1 aromatic rings. The summed E-state index contributed by atoms with van der Waals surface area (Å²) in [5.41, 5.74) is 0.721. The molecule has 0 amide bonds. The van der Waals surface area contributed by atoms with Crippen LogP contribution in [-0.4, -0.2) is 26.9 Å². The molecule has 0 saturated heterocycles. The summed E-state index contributed by atoms with van der Waals surface area (Å²) in [6.07, 6.45) is 0. The number of aliphatic hydroxyl groups is 1. The van der Waals surface area contributed by atoms with Crippen molar-refractivity contribution in [3.63, 3.8) is 0 Å². The number of aromatic nitrogens is 1. The quantitative estimate of drug-likeness (QED) is 0.483. The molecule has 0 saturated carbocycles. The van der Waals surface area contributed by atoms with E-state index in [1.165, 1.54) is 17.8 Å². The van der Waals surface area contributed by atoms with E-state index in [0.29, 0.717) is 5.03 Å². The summed E-state index contributed by atoms with van der Waals surface area (Å²) in [6.45, 7) is 3.53. The van der Waals surface area contributed by atoms with Gasteiger partial charge in [0.15, 0.2) is 5.03 Å². The third-order valence-corrected chi connectivity index (χ3v) is 2.82. The van der Waals surface area contributed by atoms with Crippen LogP contribution in [0, 0.1) is 17.0 Å². The highest BCUT2D eigenvalue weighted by atomic mass is 32.2. The molecule has 82 valence electrons. The van der Waals surface area contributed by atoms with Crippen molar-refractivity contribution in [2.75, 3.05) is 6.61 Å². The fraction of sp³-hybridized carbons (Fsp3) is 0.444. The van der Waals surface area contributed by atoms with E-state index in [0.717, 1.165) is 5.69 Å². The second kappa shape index (κ2) is 5.09. The average molecular weight is 228 g/mol. The zero-order chi connectivity index (χ0) is 11.4. The molecule has 6 heteroatoms. The zero-order valence-corrected chi connectivity index (χ0v) is 9.32. The summed E-state index contributed by atoms with van der Waals surface area (Å²) < 4.78 is 0. The van der Waals surface area contributed by atoms with Crippen LogP contribution in [0.1, 0.15) is 12.6 Å². The third kappa shape index (κ3) is 3.17. The van der Waals surface area contributed by atoms with Gasteiger partial charge in [-0.15, -0.1) is 0 Å². The Bertz CT molecular complexity index is 370. The van der Waals surface area contributed by atoms with E-state index >= 15 is 0 Å². The van der Waals surface area contributed by atoms with Gasteiger partial charge in [-0.05, 0) is 13.0 Å². The van der Waals surface area contributed by atoms with Crippen LogP contribution in [0.2, 0.25) is 0 Å². The number of hydrogen-bond donors (Lipinski definition) is 1. The Morgan fingerprint density at radius 2 is 2.33 bits per heavy atom. The van der Waals surface area contributed by atoms with Crippen LogP contribution in [0.5, 0.6) is 0 Å². The highest BCUT2D eigenvalue weighted by Gasteiger charge is 2.17. The lowest BCUT2D eigenvalue weighted by molar-refractivity contribution is -0.388. The number of hydrogen-bond acceptors (Lipinski definition) is 5. The molecule has 0 aromatic carbocycles. The van der Waals surface area contributed by atoms with Crippen molar-refractivity contribution in [2.45, 2.75) is 24.1 Å². The molecule has 0 bridgehead atoms. The number of nitro groups is 1. The van der Waals surface area contributed by atoms with Gasteiger partial charge in [0, 0.05) is 17.0 Å². The Hall–Kier alpha value is -1.14. The van der Waals surface area contributed by atoms with E-state index in [1.807, 2.05) is 0 Å². The van der Waals surface area contributed by atoms with Crippen molar-refractivity contribution >= 4 is 17.4 Å². The monoisotopic (exact) mass is 228 g/mol. The van der Waals surface area contributed by atoms with Gasteiger partial charge in [0.2, 0.25) is 0 Å². The van der Waals surface area contributed by atoms with Crippen LogP contribution in [0.25, 0.3) is 0 Å². The Balaban J connectivity index is 3.02. The fourth-order valence-electron chi connectivity index (χ4n) is 0.979. The first kappa shape index (κ1) is 11.9. The van der Waals surface area contributed by atoms with Crippen LogP contribution in [0.4, 0.5) is 5.69 Å². The Morgan fingerprint density at radius 1 is 1.67 bits per heavy atom. The van der Waals surface area contributed by atoms with Gasteiger partial charge in [-0.2, -0.15) is 0 Å². The molecule has 0 radical (unpaired) electrons. The average Bonchev–Trinajstić information content (AvgIpc) is 2.17. The maximum Gasteiger partial charge on any atom is 0.301 e. The first-order chi connectivity index (χ1) is 7.04. The highest BCUT2D eigenvalue weighted by molar-refractivity contribution is 8.00. The van der Waals surface area contributed by atoms with Crippen molar-refractivity contribution in [3.8, 4) is 0 Å². The Morgan fingerprint density at radius 3 is 2.87 bits per heavy atom. The number of thioether (sulfide) groups is 1. The number of aliphatic hydroxyl groups excluding tert-OH is 1. The molecule has 0 fully saturated rings. The predicted octanol–water partition coefficient (Wildman–Crippen LogP) is 1.77. The summed E-state index contributed by atoms with van der Waals surface area (Å²) in [7, 11) is 0. The van der Waals surface area contributed by atoms with Crippen LogP contribution in [0.3, 0.4) is 0 Å². The van der Waals surface area contributed by atoms with Crippen molar-refractivity contribution in [1.82, 2.24) is 4.98 Å². The molecule has 0 spiro atoms. The van der Waals surface area contributed by atoms with Gasteiger partial charge in [0.25, 0.3) is 0 Å². The molecular formula is C9H12N2O3S. The molecule has 5 nitrogen and oxygen atoms in total. The number of rotatable bonds is 4. The van der Waals surface area contributed by atoms with Crippen molar-refractivity contribution in [3.05, 3.63) is 27.9 Å². The van der Waals surface area contributed by atoms with Gasteiger partial charge in [0.1, 0.15) is 0 Å². The standard InChI is InChI=1S/C9H12N2O3S/c1-6-3-4-8(11(13)14)9(10-6)15-7(2)5-12/h3-4,7,12H,5H2,1-2H3. The number of pyridine rings is 1. The van der Waals surface area contributed by atoms with E-state index in [4.69, 9.17) is 5.11 Å². The molecule has 0 aliphatic heterocycles. The molecule has 0 aliphatic rings. The summed E-state index contributed by atoms with van der Waals surface area (Å²) in [5.74, 6) is 0. The van der Waals surface area contributed by atoms with Crippen LogP contribution < -0.4 is 0 Å². The molecule has 1 aromatic heterocycles. The lowest BCUT2D eigenvalue weighted by atomic mass is 10.3. The first-order valence-electron chi connectivity index (χ1n) is 4.44. The second-order valence-corrected chi connectivity index (χ2v) is 4.57. The summed E-state index contributed by atoms with van der Waals surface area (Å²) in [4.78, 5) is 14.3. The lowest BCUT2D eigenvalue weighted by Crippen LogP contribution is -2.04. The van der Waals surface area contributed by atoms with E-state index in [1.54, 1.807) is 19.9 Å². The maximum atomic E-state index is 10.7. The Kier molecular flexibility index (Phi) is 4.05. The van der Waals surface area contributed by atoms with Gasteiger partial charge < -0.3 is 5.11 Å². The molecule has 1 unspecified atom stereocenters. The van der Waals surface area contributed by atoms with E-state index in [9.17, 15) is 10.1 Å². The van der Waals surface area contributed by atoms with Gasteiger partial charge in [-0.3, -0.25) is 10.1 Å². The fourth-order valence-corrected chi connectivity index (χ4v) is 1.89. The van der Waals surface area contributed by atoms with Crippen molar-refractivity contribution < 1.29 is 10.0 Å². The smallest absolute Gasteiger partial charge is 0.301 e. The van der Waals surface area contributed by atoms with Crippen molar-refractivity contribution in [2.24, 2.45) is 0 Å². The lowest BCUT2D eigenvalue weighted by Gasteiger charge is -2.07. The first-order valence-corrected chi connectivity index (χ1v) is 5.32. The number of nitrogens with zero attached hydrogens (tertiary/aromatic N) is 2. The molecule has 0 aliphatic carbocycles. The predicted molar refractivity (Wildman–Crippen MR) is 58.0 cm³/mol. The number of aryl methyl sites for hydroxylation is 1. The van der Waals surface area contributed by atoms with Crippen molar-refractivity contribution in [1.29, 1.82) is 0 Å². The Labute approximate surface area is 91.7 Å². The zero-order valence-electron chi connectivity index (χ0n) is 8.51. The summed E-state index contributed by atoms with van der Waals surface area (Å²) in [6, 6.07) is 3.04. The van der Waals surface area contributed by atoms with Crippen LogP contribution >= 0.6 is 11.8 Å². The van der Waals surface area contributed by atoms with E-state index in [-0.39, 0.29) is 17.5 Å². The van der Waals surface area contributed by atoms with Crippen LogP contribution in [0.15, 0.2) is 17.2 Å². The minimum absolute atomic E-state index is 0.00843. The molecule has 1 atom stereocenters. The van der Waals surface area contributed by atoms with Gasteiger partial charge in [-0.25, -0.2) is 4.98 Å². The molecule has 1 N–H and O–H groups in total. The van der Waals surface area contributed by atoms with Crippen LogP contribution in [-0.2, 0) is 0 Å². The van der Waals surface area contributed by atoms with Gasteiger partial charge >= 0.3 is 5.69 Å². The largest absolute Gasteiger partial charge is 0.395 e. The summed E-state index contributed by atoms with van der Waals surface area (Å²) >= 11 is 1.21. The maximum absolute atomic E-state index is 10.7. The molecule has 15 heavy (non-hydrogen) atoms. The SMILES string of the molecule is Cc1ccc([N+](=O)[O-])c(SC(C)CO)n1. The molecule has 1 rings (SSSR count). The minimum atomic E-state index is -0.459. The van der Waals surface area contributed by atoms with E-state index < -0.39 is 4.92 Å². The normalized spacial score (nSPS) is 12.5.